The summed E-state index contributed by atoms with van der Waals surface area (Å²) >= 11 is 0. The van der Waals surface area contributed by atoms with Crippen molar-refractivity contribution in [3.05, 3.63) is 23.8 Å². The highest BCUT2D eigenvalue weighted by Gasteiger charge is 2.34. The molecule has 0 fully saturated rings. The van der Waals surface area contributed by atoms with Gasteiger partial charge in [0.05, 0.1) is 6.61 Å². The second-order valence-corrected chi connectivity index (χ2v) is 4.00. The normalized spacial score (nSPS) is 13.9. The van der Waals surface area contributed by atoms with Crippen molar-refractivity contribution in [2.75, 3.05) is 6.61 Å². The van der Waals surface area contributed by atoms with Crippen molar-refractivity contribution < 1.29 is 14.6 Å². The average Bonchev–Trinajstić information content (AvgIpc) is 2.01. The van der Waals surface area contributed by atoms with E-state index in [0.29, 0.717) is 0 Å². The SMILES string of the molecule is C=C(C)CC(O)(C=C(C)C)C(=O)OCC. The predicted molar refractivity (Wildman–Crippen MR) is 60.4 cm³/mol. The molecule has 1 N–H and O–H groups in total. The molecule has 0 aliphatic heterocycles. The lowest BCUT2D eigenvalue weighted by atomic mass is 9.94. The van der Waals surface area contributed by atoms with Crippen LogP contribution in [0.25, 0.3) is 0 Å². The first-order chi connectivity index (χ1) is 6.81. The fourth-order valence-corrected chi connectivity index (χ4v) is 1.38. The molecule has 0 aromatic rings. The highest BCUT2D eigenvalue weighted by Crippen LogP contribution is 2.21. The van der Waals surface area contributed by atoms with Crippen LogP contribution in [0.1, 0.15) is 34.1 Å². The molecule has 0 aliphatic rings. The Morgan fingerprint density at radius 1 is 1.47 bits per heavy atom. The summed E-state index contributed by atoms with van der Waals surface area (Å²) in [4.78, 5) is 11.6. The molecule has 0 heterocycles. The summed E-state index contributed by atoms with van der Waals surface area (Å²) in [7, 11) is 0. The molecule has 0 amide bonds. The number of hydrogen-bond donors (Lipinski definition) is 1. The molecule has 0 aromatic carbocycles. The molecule has 3 nitrogen and oxygen atoms in total. The molecular formula is C12H20O3. The number of rotatable bonds is 5. The Kier molecular flexibility index (Phi) is 5.29. The van der Waals surface area contributed by atoms with Gasteiger partial charge in [0.2, 0.25) is 0 Å². The molecule has 0 aromatic heterocycles. The van der Waals surface area contributed by atoms with Crippen molar-refractivity contribution >= 4 is 5.97 Å². The number of allylic oxidation sites excluding steroid dienone is 1. The minimum atomic E-state index is -1.57. The van der Waals surface area contributed by atoms with Gasteiger partial charge in [0.25, 0.3) is 0 Å². The van der Waals surface area contributed by atoms with Gasteiger partial charge in [0.15, 0.2) is 5.60 Å². The van der Waals surface area contributed by atoms with Crippen LogP contribution in [0.3, 0.4) is 0 Å². The molecular weight excluding hydrogens is 192 g/mol. The van der Waals surface area contributed by atoms with E-state index < -0.39 is 11.6 Å². The number of esters is 1. The van der Waals surface area contributed by atoms with Crippen LogP contribution in [0.5, 0.6) is 0 Å². The number of hydrogen-bond acceptors (Lipinski definition) is 3. The third-order valence-electron chi connectivity index (χ3n) is 1.73. The number of ether oxygens (including phenoxy) is 1. The molecule has 0 bridgehead atoms. The fourth-order valence-electron chi connectivity index (χ4n) is 1.38. The maximum absolute atomic E-state index is 11.6. The van der Waals surface area contributed by atoms with E-state index >= 15 is 0 Å². The zero-order valence-corrected chi connectivity index (χ0v) is 9.96. The van der Waals surface area contributed by atoms with Crippen LogP contribution in [0.2, 0.25) is 0 Å². The Morgan fingerprint density at radius 2 is 2.00 bits per heavy atom. The predicted octanol–water partition coefficient (Wildman–Crippen LogP) is 2.21. The third-order valence-corrected chi connectivity index (χ3v) is 1.73. The summed E-state index contributed by atoms with van der Waals surface area (Å²) in [5.41, 5.74) is 0.0376. The summed E-state index contributed by atoms with van der Waals surface area (Å²) < 4.78 is 4.83. The molecule has 0 radical (unpaired) electrons. The Hall–Kier alpha value is -1.09. The summed E-state index contributed by atoms with van der Waals surface area (Å²) in [5, 5.41) is 10.1. The molecule has 86 valence electrons. The highest BCUT2D eigenvalue weighted by atomic mass is 16.5. The Morgan fingerprint density at radius 3 is 2.33 bits per heavy atom. The van der Waals surface area contributed by atoms with Crippen molar-refractivity contribution in [3.8, 4) is 0 Å². The van der Waals surface area contributed by atoms with E-state index in [4.69, 9.17) is 4.74 Å². The maximum Gasteiger partial charge on any atom is 0.342 e. The monoisotopic (exact) mass is 212 g/mol. The maximum atomic E-state index is 11.6. The smallest absolute Gasteiger partial charge is 0.342 e. The van der Waals surface area contributed by atoms with Crippen LogP contribution in [0.15, 0.2) is 23.8 Å². The van der Waals surface area contributed by atoms with E-state index in [1.807, 2.05) is 13.8 Å². The summed E-state index contributed by atoms with van der Waals surface area (Å²) in [6.07, 6.45) is 1.71. The zero-order valence-electron chi connectivity index (χ0n) is 9.96. The topological polar surface area (TPSA) is 46.5 Å². The van der Waals surface area contributed by atoms with Gasteiger partial charge in [0.1, 0.15) is 0 Å². The zero-order chi connectivity index (χ0) is 12.1. The third kappa shape index (κ3) is 4.79. The van der Waals surface area contributed by atoms with Crippen molar-refractivity contribution in [3.63, 3.8) is 0 Å². The number of carbonyl (C=O) groups excluding carboxylic acids is 1. The second-order valence-electron chi connectivity index (χ2n) is 4.00. The van der Waals surface area contributed by atoms with Crippen molar-refractivity contribution in [2.45, 2.75) is 39.7 Å². The van der Waals surface area contributed by atoms with Gasteiger partial charge in [-0.1, -0.05) is 11.1 Å². The Balaban J connectivity index is 4.92. The quantitative estimate of drug-likeness (QED) is 0.561. The van der Waals surface area contributed by atoms with Crippen LogP contribution < -0.4 is 0 Å². The molecule has 0 aliphatic carbocycles. The fraction of sp³-hybridized carbons (Fsp3) is 0.583. The lowest BCUT2D eigenvalue weighted by Crippen LogP contribution is -2.38. The molecule has 0 saturated heterocycles. The van der Waals surface area contributed by atoms with Crippen LogP contribution in [-0.4, -0.2) is 23.3 Å². The van der Waals surface area contributed by atoms with Gasteiger partial charge in [-0.3, -0.25) is 0 Å². The standard InChI is InChI=1S/C12H20O3/c1-6-15-11(13)12(14,7-9(2)3)8-10(4)5/h8,14H,2,6-7H2,1,3-5H3. The van der Waals surface area contributed by atoms with Gasteiger partial charge >= 0.3 is 5.97 Å². The van der Waals surface area contributed by atoms with Crippen LogP contribution in [-0.2, 0) is 9.53 Å². The van der Waals surface area contributed by atoms with E-state index in [0.717, 1.165) is 11.1 Å². The van der Waals surface area contributed by atoms with Crippen molar-refractivity contribution in [1.82, 2.24) is 0 Å². The Bertz CT molecular complexity index is 275. The summed E-state index contributed by atoms with van der Waals surface area (Å²) in [6, 6.07) is 0. The average molecular weight is 212 g/mol. The van der Waals surface area contributed by atoms with Crippen molar-refractivity contribution in [1.29, 1.82) is 0 Å². The molecule has 1 atom stereocenters. The van der Waals surface area contributed by atoms with E-state index in [1.165, 1.54) is 6.08 Å². The molecule has 3 heteroatoms. The van der Waals surface area contributed by atoms with E-state index in [-0.39, 0.29) is 13.0 Å². The first-order valence-corrected chi connectivity index (χ1v) is 5.02. The van der Waals surface area contributed by atoms with Gasteiger partial charge in [-0.2, -0.15) is 0 Å². The summed E-state index contributed by atoms with van der Waals surface area (Å²) in [6.45, 7) is 11.1. The van der Waals surface area contributed by atoms with Crippen LogP contribution >= 0.6 is 0 Å². The molecule has 15 heavy (non-hydrogen) atoms. The lowest BCUT2D eigenvalue weighted by molar-refractivity contribution is -0.159. The van der Waals surface area contributed by atoms with Gasteiger partial charge in [-0.25, -0.2) is 4.79 Å². The van der Waals surface area contributed by atoms with E-state index in [9.17, 15) is 9.90 Å². The second kappa shape index (κ2) is 5.71. The van der Waals surface area contributed by atoms with E-state index in [1.54, 1.807) is 13.8 Å². The van der Waals surface area contributed by atoms with Crippen LogP contribution in [0.4, 0.5) is 0 Å². The molecule has 0 rings (SSSR count). The van der Waals surface area contributed by atoms with Crippen molar-refractivity contribution in [2.24, 2.45) is 0 Å². The first-order valence-electron chi connectivity index (χ1n) is 5.02. The minimum Gasteiger partial charge on any atom is -0.464 e. The number of aliphatic hydroxyl groups is 1. The first kappa shape index (κ1) is 13.9. The van der Waals surface area contributed by atoms with Crippen LogP contribution in [0, 0.1) is 0 Å². The highest BCUT2D eigenvalue weighted by molar-refractivity contribution is 5.82. The van der Waals surface area contributed by atoms with Gasteiger partial charge in [-0.05, 0) is 33.8 Å². The van der Waals surface area contributed by atoms with E-state index in [2.05, 4.69) is 6.58 Å². The Labute approximate surface area is 91.4 Å². The molecule has 1 unspecified atom stereocenters. The largest absolute Gasteiger partial charge is 0.464 e. The lowest BCUT2D eigenvalue weighted by Gasteiger charge is -2.23. The van der Waals surface area contributed by atoms with Gasteiger partial charge < -0.3 is 9.84 Å². The number of carbonyl (C=O) groups is 1. The molecule has 0 spiro atoms. The minimum absolute atomic E-state index is 0.191. The summed E-state index contributed by atoms with van der Waals surface area (Å²) in [5.74, 6) is -0.616. The van der Waals surface area contributed by atoms with Gasteiger partial charge in [0, 0.05) is 6.42 Å². The molecule has 0 saturated carbocycles. The van der Waals surface area contributed by atoms with Gasteiger partial charge in [-0.15, -0.1) is 6.58 Å².